The molecule has 5 nitrogen and oxygen atoms in total. The summed E-state index contributed by atoms with van der Waals surface area (Å²) in [7, 11) is -2.29. The summed E-state index contributed by atoms with van der Waals surface area (Å²) in [5.74, 6) is 0. The van der Waals surface area contributed by atoms with Gasteiger partial charge in [-0.15, -0.1) is 0 Å². The van der Waals surface area contributed by atoms with Crippen LogP contribution in [0.2, 0.25) is 19.6 Å². The number of carbonyl (C=O) groups is 1. The molecular weight excluding hydrogens is 290 g/mol. The molecule has 2 atom stereocenters. The molecule has 7 heteroatoms. The van der Waals surface area contributed by atoms with Crippen molar-refractivity contribution in [3.05, 3.63) is 12.2 Å². The molecule has 0 heterocycles. The first kappa shape index (κ1) is 19.4. The van der Waals surface area contributed by atoms with Crippen molar-refractivity contribution >= 4 is 24.2 Å². The van der Waals surface area contributed by atoms with Crippen LogP contribution in [0.25, 0.3) is 0 Å². The summed E-state index contributed by atoms with van der Waals surface area (Å²) >= 11 is 0. The molecule has 2 unspecified atom stereocenters. The SMILES string of the molecule is C=C(C)COC(C)OC(=O)NC(CC)[SiH2]O[Si](C)(C)C. The highest BCUT2D eigenvalue weighted by Crippen LogP contribution is 2.04. The zero-order valence-electron chi connectivity index (χ0n) is 13.6. The van der Waals surface area contributed by atoms with Gasteiger partial charge in [0, 0.05) is 5.67 Å². The van der Waals surface area contributed by atoms with E-state index in [1.165, 1.54) is 0 Å². The minimum atomic E-state index is -1.51. The Bertz CT molecular complexity index is 318. The Hall–Kier alpha value is -0.636. The lowest BCUT2D eigenvalue weighted by Gasteiger charge is -2.23. The van der Waals surface area contributed by atoms with Crippen LogP contribution in [-0.2, 0) is 13.6 Å². The van der Waals surface area contributed by atoms with Gasteiger partial charge in [-0.05, 0) is 39.9 Å². The second kappa shape index (κ2) is 9.33. The molecule has 0 aliphatic rings. The minimum absolute atomic E-state index is 0.0996. The molecule has 1 N–H and O–H groups in total. The summed E-state index contributed by atoms with van der Waals surface area (Å²) < 4.78 is 16.4. The Balaban J connectivity index is 4.05. The average molecular weight is 320 g/mol. The van der Waals surface area contributed by atoms with Crippen LogP contribution < -0.4 is 5.32 Å². The second-order valence-corrected chi connectivity index (χ2v) is 12.6. The molecule has 0 fully saturated rings. The molecule has 20 heavy (non-hydrogen) atoms. The number of hydrogen-bond donors (Lipinski definition) is 1. The maximum atomic E-state index is 11.7. The normalized spacial score (nSPS) is 15.1. The highest BCUT2D eigenvalue weighted by atomic mass is 28.4. The lowest BCUT2D eigenvalue weighted by molar-refractivity contribution is -0.0834. The smallest absolute Gasteiger partial charge is 0.409 e. The highest BCUT2D eigenvalue weighted by molar-refractivity contribution is 6.74. The number of rotatable bonds is 9. The van der Waals surface area contributed by atoms with E-state index in [9.17, 15) is 4.79 Å². The Morgan fingerprint density at radius 1 is 1.40 bits per heavy atom. The van der Waals surface area contributed by atoms with Crippen LogP contribution in [0.3, 0.4) is 0 Å². The summed E-state index contributed by atoms with van der Waals surface area (Å²) in [4.78, 5) is 11.7. The quantitative estimate of drug-likeness (QED) is 0.402. The largest absolute Gasteiger partial charge is 0.459 e. The predicted molar refractivity (Wildman–Crippen MR) is 86.9 cm³/mol. The lowest BCUT2D eigenvalue weighted by atomic mass is 10.4. The molecule has 0 saturated heterocycles. The van der Waals surface area contributed by atoms with E-state index < -0.39 is 30.5 Å². The van der Waals surface area contributed by atoms with Crippen molar-refractivity contribution < 1.29 is 18.4 Å². The molecule has 0 bridgehead atoms. The van der Waals surface area contributed by atoms with Crippen LogP contribution in [0.4, 0.5) is 4.79 Å². The fourth-order valence-electron chi connectivity index (χ4n) is 1.26. The maximum absolute atomic E-state index is 11.7. The molecule has 0 radical (unpaired) electrons. The van der Waals surface area contributed by atoms with Crippen molar-refractivity contribution in [3.8, 4) is 0 Å². The van der Waals surface area contributed by atoms with Crippen molar-refractivity contribution in [2.75, 3.05) is 6.61 Å². The molecule has 1 amide bonds. The molecule has 0 saturated carbocycles. The molecule has 0 aliphatic heterocycles. The van der Waals surface area contributed by atoms with Gasteiger partial charge in [0.2, 0.25) is 6.29 Å². The molecular formula is C13H29NO4Si2. The van der Waals surface area contributed by atoms with E-state index in [4.69, 9.17) is 13.6 Å². The van der Waals surface area contributed by atoms with Gasteiger partial charge in [-0.2, -0.15) is 0 Å². The summed E-state index contributed by atoms with van der Waals surface area (Å²) in [6.07, 6.45) is -0.172. The van der Waals surface area contributed by atoms with Crippen LogP contribution in [-0.4, -0.2) is 42.7 Å². The Morgan fingerprint density at radius 3 is 2.45 bits per heavy atom. The first-order valence-corrected chi connectivity index (χ1v) is 11.8. The van der Waals surface area contributed by atoms with E-state index in [2.05, 4.69) is 31.5 Å². The van der Waals surface area contributed by atoms with Gasteiger partial charge in [0.25, 0.3) is 0 Å². The lowest BCUT2D eigenvalue weighted by Crippen LogP contribution is -2.44. The van der Waals surface area contributed by atoms with Gasteiger partial charge in [-0.3, -0.25) is 0 Å². The van der Waals surface area contributed by atoms with Gasteiger partial charge < -0.3 is 18.9 Å². The number of alkyl carbamates (subject to hydrolysis) is 1. The standard InChI is InChI=1S/C13H29NO4Si2/c1-8-12(19-18-20(5,6)7)14-13(15)17-11(4)16-9-10(2)3/h11-12H,2,8-9,19H2,1,3-7H3,(H,14,15). The topological polar surface area (TPSA) is 56.8 Å². The van der Waals surface area contributed by atoms with Crippen LogP contribution in [0.15, 0.2) is 12.2 Å². The minimum Gasteiger partial charge on any atom is -0.459 e. The van der Waals surface area contributed by atoms with Crippen molar-refractivity contribution in [1.82, 2.24) is 5.32 Å². The summed E-state index contributed by atoms with van der Waals surface area (Å²) in [5.41, 5.74) is 0.991. The third-order valence-corrected chi connectivity index (χ3v) is 7.68. The van der Waals surface area contributed by atoms with Gasteiger partial charge in [0.1, 0.15) is 0 Å². The number of amides is 1. The number of hydrogen-bond acceptors (Lipinski definition) is 4. The van der Waals surface area contributed by atoms with E-state index in [-0.39, 0.29) is 5.67 Å². The third kappa shape index (κ3) is 11.2. The number of carbonyl (C=O) groups excluding carboxylic acids is 1. The Kier molecular flexibility index (Phi) is 9.03. The molecule has 0 aliphatic carbocycles. The molecule has 118 valence electrons. The maximum Gasteiger partial charge on any atom is 0.409 e. The van der Waals surface area contributed by atoms with Crippen LogP contribution in [0.1, 0.15) is 27.2 Å². The third-order valence-electron chi connectivity index (χ3n) is 2.37. The second-order valence-electron chi connectivity index (χ2n) is 5.91. The van der Waals surface area contributed by atoms with Gasteiger partial charge in [0.05, 0.1) is 6.61 Å². The summed E-state index contributed by atoms with van der Waals surface area (Å²) in [6.45, 7) is 16.2. The van der Waals surface area contributed by atoms with E-state index in [0.29, 0.717) is 6.61 Å². The summed E-state index contributed by atoms with van der Waals surface area (Å²) in [6, 6.07) is 0. The zero-order valence-corrected chi connectivity index (χ0v) is 16.0. The molecule has 0 aromatic rings. The predicted octanol–water partition coefficient (Wildman–Crippen LogP) is 2.32. The Morgan fingerprint density at radius 2 is 2.00 bits per heavy atom. The molecule has 0 rings (SSSR count). The van der Waals surface area contributed by atoms with Gasteiger partial charge in [-0.25, -0.2) is 4.79 Å². The fraction of sp³-hybridized carbons (Fsp3) is 0.769. The fourth-order valence-corrected chi connectivity index (χ4v) is 4.55. The van der Waals surface area contributed by atoms with Crippen LogP contribution in [0, 0.1) is 0 Å². The van der Waals surface area contributed by atoms with Crippen molar-refractivity contribution in [3.63, 3.8) is 0 Å². The van der Waals surface area contributed by atoms with Gasteiger partial charge in [0.15, 0.2) is 18.1 Å². The van der Waals surface area contributed by atoms with Crippen molar-refractivity contribution in [1.29, 1.82) is 0 Å². The van der Waals surface area contributed by atoms with Crippen LogP contribution >= 0.6 is 0 Å². The van der Waals surface area contributed by atoms with Crippen molar-refractivity contribution in [2.45, 2.75) is 58.8 Å². The molecule has 0 aromatic carbocycles. The van der Waals surface area contributed by atoms with E-state index in [1.54, 1.807) is 6.92 Å². The molecule has 0 aromatic heterocycles. The monoisotopic (exact) mass is 319 g/mol. The van der Waals surface area contributed by atoms with E-state index >= 15 is 0 Å². The first-order chi connectivity index (χ1) is 9.14. The first-order valence-electron chi connectivity index (χ1n) is 7.01. The number of nitrogens with one attached hydrogen (secondary N) is 1. The number of ether oxygens (including phenoxy) is 2. The van der Waals surface area contributed by atoms with E-state index in [1.807, 2.05) is 13.8 Å². The van der Waals surface area contributed by atoms with Crippen molar-refractivity contribution in [2.24, 2.45) is 0 Å². The van der Waals surface area contributed by atoms with Gasteiger partial charge >= 0.3 is 6.09 Å². The molecule has 0 spiro atoms. The average Bonchev–Trinajstić information content (AvgIpc) is 2.30. The van der Waals surface area contributed by atoms with Crippen LogP contribution in [0.5, 0.6) is 0 Å². The van der Waals surface area contributed by atoms with Gasteiger partial charge in [-0.1, -0.05) is 19.1 Å². The Labute approximate surface area is 126 Å². The summed E-state index contributed by atoms with van der Waals surface area (Å²) in [5, 5.41) is 2.85. The highest BCUT2D eigenvalue weighted by Gasteiger charge is 2.19. The van der Waals surface area contributed by atoms with E-state index in [0.717, 1.165) is 12.0 Å². The zero-order chi connectivity index (χ0) is 15.8.